The van der Waals surface area contributed by atoms with Gasteiger partial charge in [0.15, 0.2) is 0 Å². The third-order valence-electron chi connectivity index (χ3n) is 5.64. The van der Waals surface area contributed by atoms with Crippen molar-refractivity contribution >= 4 is 11.9 Å². The zero-order valence-electron chi connectivity index (χ0n) is 19.5. The number of carbonyl (C=O) groups is 2. The second kappa shape index (κ2) is 18.4. The second-order valence-corrected chi connectivity index (χ2v) is 8.06. The van der Waals surface area contributed by atoms with Gasteiger partial charge < -0.3 is 19.7 Å². The zero-order valence-corrected chi connectivity index (χ0v) is 19.5. The van der Waals surface area contributed by atoms with Gasteiger partial charge in [-0.05, 0) is 24.7 Å². The Hall–Kier alpha value is -1.40. The van der Waals surface area contributed by atoms with E-state index in [1.54, 1.807) is 0 Å². The largest absolute Gasteiger partial charge is 0.460 e. The van der Waals surface area contributed by atoms with E-state index >= 15 is 0 Å². The van der Waals surface area contributed by atoms with Crippen LogP contribution in [-0.4, -0.2) is 47.6 Å². The first-order chi connectivity index (χ1) is 14.4. The average Bonchev–Trinajstić information content (AvgIpc) is 2.75. The molecule has 0 bridgehead atoms. The molecule has 0 radical (unpaired) electrons. The summed E-state index contributed by atoms with van der Waals surface area (Å²) in [5.41, 5.74) is 0. The van der Waals surface area contributed by atoms with Crippen molar-refractivity contribution in [3.05, 3.63) is 12.2 Å². The quantitative estimate of drug-likeness (QED) is 0.189. The van der Waals surface area contributed by atoms with Crippen LogP contribution < -0.4 is 0 Å². The molecule has 0 aromatic carbocycles. The Labute approximate surface area is 183 Å². The van der Waals surface area contributed by atoms with Gasteiger partial charge in [0.2, 0.25) is 0 Å². The van der Waals surface area contributed by atoms with Gasteiger partial charge >= 0.3 is 11.9 Å². The van der Waals surface area contributed by atoms with E-state index < -0.39 is 24.1 Å². The molecule has 2 N–H and O–H groups in total. The van der Waals surface area contributed by atoms with Crippen molar-refractivity contribution in [2.75, 3.05) is 13.2 Å². The Morgan fingerprint density at radius 3 is 1.37 bits per heavy atom. The summed E-state index contributed by atoms with van der Waals surface area (Å²) >= 11 is 0. The third kappa shape index (κ3) is 13.8. The third-order valence-corrected chi connectivity index (χ3v) is 5.64. The molecule has 30 heavy (non-hydrogen) atoms. The van der Waals surface area contributed by atoms with E-state index in [1.807, 2.05) is 13.8 Å². The summed E-state index contributed by atoms with van der Waals surface area (Å²) in [4.78, 5) is 23.6. The smallest absolute Gasteiger partial charge is 0.331 e. The van der Waals surface area contributed by atoms with Gasteiger partial charge in [0.05, 0.1) is 12.2 Å². The minimum Gasteiger partial charge on any atom is -0.460 e. The van der Waals surface area contributed by atoms with Gasteiger partial charge in [-0.3, -0.25) is 0 Å². The summed E-state index contributed by atoms with van der Waals surface area (Å²) in [6.45, 7) is 8.12. The minimum absolute atomic E-state index is 0.0858. The Morgan fingerprint density at radius 1 is 0.700 bits per heavy atom. The van der Waals surface area contributed by atoms with Crippen molar-refractivity contribution in [1.82, 2.24) is 0 Å². The second-order valence-electron chi connectivity index (χ2n) is 8.06. The van der Waals surface area contributed by atoms with Crippen LogP contribution >= 0.6 is 0 Å². The Bertz CT molecular complexity index is 434. The summed E-state index contributed by atoms with van der Waals surface area (Å²) < 4.78 is 10.1. The van der Waals surface area contributed by atoms with E-state index in [0.717, 1.165) is 76.4 Å². The van der Waals surface area contributed by atoms with E-state index in [1.165, 1.54) is 0 Å². The van der Waals surface area contributed by atoms with Crippen LogP contribution in [-0.2, 0) is 19.1 Å². The minimum atomic E-state index is -0.704. The van der Waals surface area contributed by atoms with E-state index in [-0.39, 0.29) is 25.0 Å². The highest BCUT2D eigenvalue weighted by Gasteiger charge is 2.19. The molecular formula is C24H44O6. The molecule has 6 nitrogen and oxygen atoms in total. The molecule has 0 heterocycles. The van der Waals surface area contributed by atoms with E-state index in [9.17, 15) is 19.8 Å². The van der Waals surface area contributed by atoms with Crippen LogP contribution in [0.2, 0.25) is 0 Å². The summed E-state index contributed by atoms with van der Waals surface area (Å²) in [5.74, 6) is -1.19. The van der Waals surface area contributed by atoms with Crippen molar-refractivity contribution in [3.63, 3.8) is 0 Å². The summed E-state index contributed by atoms with van der Waals surface area (Å²) in [7, 11) is 0. The first-order valence-electron chi connectivity index (χ1n) is 11.8. The Balaban J connectivity index is 4.23. The maximum atomic E-state index is 11.8. The first-order valence-corrected chi connectivity index (χ1v) is 11.8. The number of hydrogen-bond donors (Lipinski definition) is 2. The summed E-state index contributed by atoms with van der Waals surface area (Å²) in [6.07, 6.45) is 10.6. The van der Waals surface area contributed by atoms with Crippen molar-refractivity contribution in [1.29, 1.82) is 0 Å². The van der Waals surface area contributed by atoms with Crippen LogP contribution in [0.3, 0.4) is 0 Å². The Morgan fingerprint density at radius 2 is 1.07 bits per heavy atom. The molecule has 6 heteroatoms. The molecule has 0 aromatic rings. The van der Waals surface area contributed by atoms with E-state index in [4.69, 9.17) is 9.47 Å². The zero-order chi connectivity index (χ0) is 22.8. The van der Waals surface area contributed by atoms with Gasteiger partial charge in [-0.2, -0.15) is 0 Å². The van der Waals surface area contributed by atoms with Crippen LogP contribution in [0.15, 0.2) is 12.2 Å². The summed E-state index contributed by atoms with van der Waals surface area (Å²) in [6, 6.07) is 0. The van der Waals surface area contributed by atoms with Crippen LogP contribution in [0.25, 0.3) is 0 Å². The molecule has 0 aliphatic carbocycles. The molecule has 0 aliphatic rings. The molecule has 0 fully saturated rings. The molecule has 0 saturated heterocycles. The summed E-state index contributed by atoms with van der Waals surface area (Å²) in [5, 5.41) is 20.4. The maximum Gasteiger partial charge on any atom is 0.331 e. The molecule has 0 rings (SSSR count). The van der Waals surface area contributed by atoms with Crippen molar-refractivity contribution in [3.8, 4) is 0 Å². The number of aliphatic hydroxyl groups is 2. The predicted octanol–water partition coefficient (Wildman–Crippen LogP) is 4.56. The van der Waals surface area contributed by atoms with Gasteiger partial charge in [-0.25, -0.2) is 9.59 Å². The molecule has 0 spiro atoms. The molecule has 0 aromatic heterocycles. The lowest BCUT2D eigenvalue weighted by Crippen LogP contribution is -2.27. The molecule has 4 unspecified atom stereocenters. The lowest BCUT2D eigenvalue weighted by molar-refractivity contribution is -0.144. The number of esters is 2. The van der Waals surface area contributed by atoms with Gasteiger partial charge in [0.1, 0.15) is 13.2 Å². The highest BCUT2D eigenvalue weighted by Crippen LogP contribution is 2.19. The fraction of sp³-hybridized carbons (Fsp3) is 0.833. The number of aliphatic hydroxyl groups excluding tert-OH is 2. The van der Waals surface area contributed by atoms with Crippen LogP contribution in [0, 0.1) is 11.8 Å². The van der Waals surface area contributed by atoms with E-state index in [0.29, 0.717) is 0 Å². The standard InChI is InChI=1S/C24H44O6/c1-5-9-11-13-19(7-3)21(25)17-29-23(27)15-16-24(28)30-18-22(26)20(8-4)14-12-10-6-2/h15-16,19-22,25-26H,5-14,17-18H2,1-4H3/b16-15-. The topological polar surface area (TPSA) is 93.1 Å². The van der Waals surface area contributed by atoms with Crippen LogP contribution in [0.5, 0.6) is 0 Å². The lowest BCUT2D eigenvalue weighted by atomic mass is 9.93. The number of ether oxygens (including phenoxy) is 2. The highest BCUT2D eigenvalue weighted by molar-refractivity contribution is 5.91. The number of rotatable bonds is 18. The fourth-order valence-electron chi connectivity index (χ4n) is 3.49. The van der Waals surface area contributed by atoms with E-state index in [2.05, 4.69) is 13.8 Å². The number of carbonyl (C=O) groups excluding carboxylic acids is 2. The Kier molecular flexibility index (Phi) is 17.5. The van der Waals surface area contributed by atoms with Crippen molar-refractivity contribution in [2.45, 2.75) is 104 Å². The van der Waals surface area contributed by atoms with Gasteiger partial charge in [0.25, 0.3) is 0 Å². The monoisotopic (exact) mass is 428 g/mol. The molecule has 0 amide bonds. The molecule has 0 aliphatic heterocycles. The molecule has 0 saturated carbocycles. The molecule has 4 atom stereocenters. The van der Waals surface area contributed by atoms with Gasteiger partial charge in [-0.1, -0.05) is 79.1 Å². The van der Waals surface area contributed by atoms with Gasteiger partial charge in [0, 0.05) is 12.2 Å². The lowest BCUT2D eigenvalue weighted by Gasteiger charge is -2.21. The normalized spacial score (nSPS) is 15.5. The first kappa shape index (κ1) is 28.6. The predicted molar refractivity (Wildman–Crippen MR) is 119 cm³/mol. The fourth-order valence-corrected chi connectivity index (χ4v) is 3.49. The number of hydrogen-bond acceptors (Lipinski definition) is 6. The van der Waals surface area contributed by atoms with Crippen molar-refractivity contribution in [2.24, 2.45) is 11.8 Å². The van der Waals surface area contributed by atoms with Crippen molar-refractivity contribution < 1.29 is 29.3 Å². The molecule has 176 valence electrons. The van der Waals surface area contributed by atoms with Crippen LogP contribution in [0.1, 0.15) is 91.9 Å². The van der Waals surface area contributed by atoms with Crippen LogP contribution in [0.4, 0.5) is 0 Å². The maximum absolute atomic E-state index is 11.8. The molecular weight excluding hydrogens is 384 g/mol. The average molecular weight is 429 g/mol. The number of unbranched alkanes of at least 4 members (excludes halogenated alkanes) is 4. The SMILES string of the molecule is CCCCCC(CC)C(O)COC(=O)/C=C\C(=O)OCC(O)C(CC)CCCCC. The highest BCUT2D eigenvalue weighted by atomic mass is 16.5. The van der Waals surface area contributed by atoms with Gasteiger partial charge in [-0.15, -0.1) is 0 Å².